The molecule has 0 bridgehead atoms. The highest BCUT2D eigenvalue weighted by Gasteiger charge is 2.34. The Bertz CT molecular complexity index is 688. The maximum Gasteiger partial charge on any atom is 0.0986 e. The van der Waals surface area contributed by atoms with Crippen LogP contribution in [0.4, 0.5) is 5.69 Å². The number of hydrogen-bond donors (Lipinski definition) is 0. The number of nitrogens with zero attached hydrogens (tertiary/aromatic N) is 2. The molecule has 0 aromatic heterocycles. The van der Waals surface area contributed by atoms with Crippen LogP contribution in [0.15, 0.2) is 35.1 Å². The van der Waals surface area contributed by atoms with Crippen molar-refractivity contribution in [3.05, 3.63) is 51.7 Å². The summed E-state index contributed by atoms with van der Waals surface area (Å²) in [7, 11) is 0. The first-order chi connectivity index (χ1) is 11.3. The predicted molar refractivity (Wildman–Crippen MR) is 104 cm³/mol. The second kappa shape index (κ2) is 6.31. The number of benzene rings is 1. The van der Waals surface area contributed by atoms with Crippen molar-refractivity contribution in [1.29, 1.82) is 0 Å². The Morgan fingerprint density at radius 2 is 1.46 bits per heavy atom. The van der Waals surface area contributed by atoms with E-state index in [1.807, 2.05) is 0 Å². The number of hydrogen-bond acceptors (Lipinski definition) is 2. The Kier molecular flexibility index (Phi) is 4.50. The van der Waals surface area contributed by atoms with E-state index in [4.69, 9.17) is 0 Å². The molecule has 1 aliphatic heterocycles. The van der Waals surface area contributed by atoms with Crippen LogP contribution < -0.4 is 4.90 Å². The molecule has 1 heterocycles. The van der Waals surface area contributed by atoms with Gasteiger partial charge in [-0.05, 0) is 64.7 Å². The minimum absolute atomic E-state index is 0.421. The molecule has 1 fully saturated rings. The van der Waals surface area contributed by atoms with Gasteiger partial charge < -0.3 is 9.80 Å². The topological polar surface area (TPSA) is 6.48 Å². The maximum atomic E-state index is 2.64. The molecule has 2 unspecified atom stereocenters. The lowest BCUT2D eigenvalue weighted by Crippen LogP contribution is -2.38. The standard InChI is InChI=1S/C22H32N2/c1-14-10-16(3)21(17(4)11-14)23-8-9-24(20(23)7)22-18(5)12-15(2)13-19(22)6/h10-12,19-20H,8-9,13H2,1-7H3. The van der Waals surface area contributed by atoms with Gasteiger partial charge in [0.05, 0.1) is 6.17 Å². The van der Waals surface area contributed by atoms with Gasteiger partial charge in [-0.15, -0.1) is 0 Å². The molecule has 1 aromatic rings. The molecule has 0 amide bonds. The average molecular weight is 325 g/mol. The summed E-state index contributed by atoms with van der Waals surface area (Å²) in [5.74, 6) is 0.623. The zero-order valence-corrected chi connectivity index (χ0v) is 16.4. The fourth-order valence-electron chi connectivity index (χ4n) is 4.98. The molecule has 0 saturated carbocycles. The summed E-state index contributed by atoms with van der Waals surface area (Å²) < 4.78 is 0. The molecule has 3 rings (SSSR count). The maximum absolute atomic E-state index is 2.64. The fourth-order valence-corrected chi connectivity index (χ4v) is 4.98. The highest BCUT2D eigenvalue weighted by Crippen LogP contribution is 2.37. The highest BCUT2D eigenvalue weighted by molar-refractivity contribution is 5.61. The van der Waals surface area contributed by atoms with Crippen molar-refractivity contribution in [2.45, 2.75) is 61.1 Å². The molecule has 130 valence electrons. The predicted octanol–water partition coefficient (Wildman–Crippen LogP) is 5.34. The monoisotopic (exact) mass is 324 g/mol. The van der Waals surface area contributed by atoms with E-state index in [2.05, 4.69) is 76.5 Å². The van der Waals surface area contributed by atoms with Crippen LogP contribution in [0.25, 0.3) is 0 Å². The molecule has 1 aliphatic carbocycles. The third kappa shape index (κ3) is 2.87. The van der Waals surface area contributed by atoms with Crippen LogP contribution in [0.5, 0.6) is 0 Å². The van der Waals surface area contributed by atoms with E-state index in [1.54, 1.807) is 5.70 Å². The number of anilines is 1. The van der Waals surface area contributed by atoms with Crippen molar-refractivity contribution in [3.8, 4) is 0 Å². The average Bonchev–Trinajstić information content (AvgIpc) is 2.79. The van der Waals surface area contributed by atoms with Gasteiger partial charge in [0, 0.05) is 30.4 Å². The molecule has 2 atom stereocenters. The van der Waals surface area contributed by atoms with E-state index in [0.29, 0.717) is 12.1 Å². The smallest absolute Gasteiger partial charge is 0.0986 e. The summed E-state index contributed by atoms with van der Waals surface area (Å²) in [6.45, 7) is 18.2. The van der Waals surface area contributed by atoms with Gasteiger partial charge in [0.1, 0.15) is 0 Å². The quantitative estimate of drug-likeness (QED) is 0.724. The Hall–Kier alpha value is -1.70. The summed E-state index contributed by atoms with van der Waals surface area (Å²) in [5, 5.41) is 0. The van der Waals surface area contributed by atoms with Gasteiger partial charge in [0.15, 0.2) is 0 Å². The van der Waals surface area contributed by atoms with Gasteiger partial charge in [-0.1, -0.05) is 36.3 Å². The fraction of sp³-hybridized carbons (Fsp3) is 0.545. The van der Waals surface area contributed by atoms with Gasteiger partial charge in [-0.2, -0.15) is 0 Å². The lowest BCUT2D eigenvalue weighted by molar-refractivity contribution is 0.297. The lowest BCUT2D eigenvalue weighted by atomic mass is 9.88. The highest BCUT2D eigenvalue weighted by atomic mass is 15.4. The third-order valence-corrected chi connectivity index (χ3v) is 5.68. The van der Waals surface area contributed by atoms with Crippen molar-refractivity contribution in [2.24, 2.45) is 5.92 Å². The van der Waals surface area contributed by atoms with Crippen LogP contribution in [0.3, 0.4) is 0 Å². The largest absolute Gasteiger partial charge is 0.353 e. The normalized spacial score (nSPS) is 24.7. The van der Waals surface area contributed by atoms with Gasteiger partial charge in [0.25, 0.3) is 0 Å². The molecular formula is C22H32N2. The zero-order chi connectivity index (χ0) is 17.6. The second-order valence-corrected chi connectivity index (χ2v) is 7.93. The molecule has 2 aliphatic rings. The zero-order valence-electron chi connectivity index (χ0n) is 16.4. The Morgan fingerprint density at radius 1 is 0.875 bits per heavy atom. The molecule has 0 spiro atoms. The summed E-state index contributed by atoms with van der Waals surface area (Å²) in [6, 6.07) is 4.63. The van der Waals surface area contributed by atoms with Gasteiger partial charge in [-0.25, -0.2) is 0 Å². The van der Waals surface area contributed by atoms with Crippen LogP contribution >= 0.6 is 0 Å². The minimum atomic E-state index is 0.421. The second-order valence-electron chi connectivity index (χ2n) is 7.93. The molecule has 1 saturated heterocycles. The Balaban J connectivity index is 1.94. The van der Waals surface area contributed by atoms with E-state index in [1.165, 1.54) is 39.9 Å². The van der Waals surface area contributed by atoms with Crippen LogP contribution in [0.2, 0.25) is 0 Å². The Morgan fingerprint density at radius 3 is 2.04 bits per heavy atom. The van der Waals surface area contributed by atoms with Crippen LogP contribution in [0.1, 0.15) is 50.8 Å². The number of rotatable bonds is 2. The summed E-state index contributed by atoms with van der Waals surface area (Å²) in [4.78, 5) is 5.24. The molecule has 0 N–H and O–H groups in total. The molecule has 2 nitrogen and oxygen atoms in total. The summed E-state index contributed by atoms with van der Waals surface area (Å²) >= 11 is 0. The van der Waals surface area contributed by atoms with E-state index in [-0.39, 0.29) is 0 Å². The minimum Gasteiger partial charge on any atom is -0.353 e. The first-order valence-corrected chi connectivity index (χ1v) is 9.28. The van der Waals surface area contributed by atoms with Crippen molar-refractivity contribution in [1.82, 2.24) is 4.90 Å². The van der Waals surface area contributed by atoms with Crippen LogP contribution in [-0.2, 0) is 0 Å². The van der Waals surface area contributed by atoms with Crippen molar-refractivity contribution < 1.29 is 0 Å². The third-order valence-electron chi connectivity index (χ3n) is 5.68. The number of aryl methyl sites for hydroxylation is 3. The van der Waals surface area contributed by atoms with E-state index >= 15 is 0 Å². The molecule has 0 radical (unpaired) electrons. The summed E-state index contributed by atoms with van der Waals surface area (Å²) in [6.07, 6.45) is 4.00. The van der Waals surface area contributed by atoms with Gasteiger partial charge in [0.2, 0.25) is 0 Å². The van der Waals surface area contributed by atoms with E-state index in [9.17, 15) is 0 Å². The van der Waals surface area contributed by atoms with Crippen LogP contribution in [0, 0.1) is 26.7 Å². The van der Waals surface area contributed by atoms with E-state index < -0.39 is 0 Å². The first-order valence-electron chi connectivity index (χ1n) is 9.28. The van der Waals surface area contributed by atoms with Crippen molar-refractivity contribution >= 4 is 5.69 Å². The van der Waals surface area contributed by atoms with E-state index in [0.717, 1.165) is 13.1 Å². The summed E-state index contributed by atoms with van der Waals surface area (Å²) in [5.41, 5.74) is 10.1. The SMILES string of the molecule is CC1=CC(C)=C(N2CCN(c3c(C)cc(C)cc3C)C2C)C(C)C1. The number of allylic oxidation sites excluding steroid dienone is 4. The van der Waals surface area contributed by atoms with Crippen molar-refractivity contribution in [2.75, 3.05) is 18.0 Å². The van der Waals surface area contributed by atoms with Crippen molar-refractivity contribution in [3.63, 3.8) is 0 Å². The lowest BCUT2D eigenvalue weighted by Gasteiger charge is -2.37. The van der Waals surface area contributed by atoms with Gasteiger partial charge >= 0.3 is 0 Å². The molecule has 24 heavy (non-hydrogen) atoms. The first kappa shape index (κ1) is 17.1. The molecule has 2 heteroatoms. The van der Waals surface area contributed by atoms with Crippen LogP contribution in [-0.4, -0.2) is 24.2 Å². The molecular weight excluding hydrogens is 292 g/mol. The molecule has 1 aromatic carbocycles. The Labute approximate surface area is 147 Å². The van der Waals surface area contributed by atoms with Gasteiger partial charge in [-0.3, -0.25) is 0 Å².